The zero-order valence-corrected chi connectivity index (χ0v) is 14.5. The van der Waals surface area contributed by atoms with Crippen molar-refractivity contribution in [1.29, 1.82) is 0 Å². The van der Waals surface area contributed by atoms with Crippen LogP contribution in [0.4, 0.5) is 4.39 Å². The van der Waals surface area contributed by atoms with E-state index in [9.17, 15) is 19.1 Å². The molecule has 4 nitrogen and oxygen atoms in total. The SMILES string of the molecule is CC(NC(=O)C1CC12CCc1ccccc12)(C(=O)O)c1ccc(F)cc1. The van der Waals surface area contributed by atoms with Crippen LogP contribution in [-0.4, -0.2) is 17.0 Å². The zero-order chi connectivity index (χ0) is 18.5. The predicted molar refractivity (Wildman–Crippen MR) is 94.1 cm³/mol. The molecule has 0 saturated heterocycles. The third-order valence-corrected chi connectivity index (χ3v) is 6.01. The van der Waals surface area contributed by atoms with Gasteiger partial charge in [-0.2, -0.15) is 0 Å². The van der Waals surface area contributed by atoms with Crippen LogP contribution in [0, 0.1) is 11.7 Å². The molecule has 134 valence electrons. The Balaban J connectivity index is 1.58. The lowest BCUT2D eigenvalue weighted by Crippen LogP contribution is -2.50. The van der Waals surface area contributed by atoms with Crippen molar-refractivity contribution in [3.63, 3.8) is 0 Å². The van der Waals surface area contributed by atoms with E-state index < -0.39 is 17.3 Å². The minimum Gasteiger partial charge on any atom is -0.479 e. The molecule has 1 amide bonds. The molecule has 0 radical (unpaired) electrons. The number of fused-ring (bicyclic) bond motifs is 2. The lowest BCUT2D eigenvalue weighted by molar-refractivity contribution is -0.147. The molecular formula is C21H20FNO3. The first-order chi connectivity index (χ1) is 12.4. The Morgan fingerprint density at radius 1 is 1.19 bits per heavy atom. The van der Waals surface area contributed by atoms with Crippen molar-refractivity contribution < 1.29 is 19.1 Å². The number of aryl methyl sites for hydroxylation is 1. The van der Waals surface area contributed by atoms with E-state index in [1.165, 1.54) is 42.3 Å². The highest BCUT2D eigenvalue weighted by Gasteiger charge is 2.62. The molecule has 1 spiro atoms. The van der Waals surface area contributed by atoms with Crippen LogP contribution in [0.5, 0.6) is 0 Å². The predicted octanol–water partition coefficient (Wildman–Crippen LogP) is 3.15. The summed E-state index contributed by atoms with van der Waals surface area (Å²) >= 11 is 0. The van der Waals surface area contributed by atoms with E-state index in [1.54, 1.807) is 0 Å². The summed E-state index contributed by atoms with van der Waals surface area (Å²) in [4.78, 5) is 24.8. The van der Waals surface area contributed by atoms with Gasteiger partial charge in [-0.3, -0.25) is 4.79 Å². The van der Waals surface area contributed by atoms with E-state index in [0.717, 1.165) is 19.3 Å². The largest absolute Gasteiger partial charge is 0.479 e. The lowest BCUT2D eigenvalue weighted by atomic mass is 9.90. The van der Waals surface area contributed by atoms with Crippen LogP contribution in [0.1, 0.15) is 36.5 Å². The van der Waals surface area contributed by atoms with Crippen LogP contribution in [-0.2, 0) is 27.0 Å². The fourth-order valence-corrected chi connectivity index (χ4v) is 4.31. The molecule has 0 aliphatic heterocycles. The molecule has 3 unspecified atom stereocenters. The van der Waals surface area contributed by atoms with Gasteiger partial charge in [0.05, 0.1) is 0 Å². The third kappa shape index (κ3) is 2.42. The van der Waals surface area contributed by atoms with Crippen molar-refractivity contribution >= 4 is 11.9 Å². The van der Waals surface area contributed by atoms with E-state index in [-0.39, 0.29) is 17.2 Å². The maximum atomic E-state index is 13.2. The number of carboxylic acid groups (broad SMARTS) is 1. The Labute approximate surface area is 151 Å². The molecule has 26 heavy (non-hydrogen) atoms. The molecule has 2 aliphatic rings. The minimum atomic E-state index is -1.59. The van der Waals surface area contributed by atoms with Gasteiger partial charge in [0.25, 0.3) is 0 Å². The molecule has 1 fully saturated rings. The summed E-state index contributed by atoms with van der Waals surface area (Å²) in [6.45, 7) is 1.44. The van der Waals surface area contributed by atoms with Crippen molar-refractivity contribution in [3.05, 3.63) is 71.0 Å². The Hall–Kier alpha value is -2.69. The Morgan fingerprint density at radius 2 is 1.88 bits per heavy atom. The van der Waals surface area contributed by atoms with Gasteiger partial charge in [-0.25, -0.2) is 9.18 Å². The van der Waals surface area contributed by atoms with Gasteiger partial charge in [0.15, 0.2) is 5.54 Å². The average Bonchev–Trinajstić information content (AvgIpc) is 3.25. The Bertz CT molecular complexity index is 894. The van der Waals surface area contributed by atoms with E-state index >= 15 is 0 Å². The number of amides is 1. The number of rotatable bonds is 4. The molecule has 0 heterocycles. The molecule has 0 bridgehead atoms. The highest BCUT2D eigenvalue weighted by molar-refractivity contribution is 5.91. The number of aliphatic carboxylic acids is 1. The van der Waals surface area contributed by atoms with Gasteiger partial charge in [0.1, 0.15) is 5.82 Å². The van der Waals surface area contributed by atoms with E-state index in [4.69, 9.17) is 0 Å². The third-order valence-electron chi connectivity index (χ3n) is 6.01. The van der Waals surface area contributed by atoms with Gasteiger partial charge >= 0.3 is 5.97 Å². The number of carbonyl (C=O) groups is 2. The van der Waals surface area contributed by atoms with Crippen LogP contribution in [0.3, 0.4) is 0 Å². The number of halogens is 1. The highest BCUT2D eigenvalue weighted by atomic mass is 19.1. The zero-order valence-electron chi connectivity index (χ0n) is 14.5. The van der Waals surface area contributed by atoms with E-state index in [0.29, 0.717) is 5.56 Å². The fourth-order valence-electron chi connectivity index (χ4n) is 4.31. The topological polar surface area (TPSA) is 66.4 Å². The van der Waals surface area contributed by atoms with Crippen molar-refractivity contribution in [1.82, 2.24) is 5.32 Å². The first-order valence-corrected chi connectivity index (χ1v) is 8.77. The molecule has 2 aliphatic carbocycles. The van der Waals surface area contributed by atoms with Gasteiger partial charge in [-0.05, 0) is 55.0 Å². The summed E-state index contributed by atoms with van der Waals surface area (Å²) in [7, 11) is 0. The number of benzene rings is 2. The average molecular weight is 353 g/mol. The smallest absolute Gasteiger partial charge is 0.333 e. The fraction of sp³-hybridized carbons (Fsp3) is 0.333. The molecular weight excluding hydrogens is 333 g/mol. The first kappa shape index (κ1) is 16.8. The molecule has 5 heteroatoms. The number of carboxylic acids is 1. The number of nitrogens with one attached hydrogen (secondary N) is 1. The number of hydrogen-bond acceptors (Lipinski definition) is 2. The van der Waals surface area contributed by atoms with Gasteiger partial charge in [-0.1, -0.05) is 36.4 Å². The maximum Gasteiger partial charge on any atom is 0.333 e. The van der Waals surface area contributed by atoms with Crippen molar-refractivity contribution in [2.45, 2.75) is 37.1 Å². The van der Waals surface area contributed by atoms with Gasteiger partial charge in [-0.15, -0.1) is 0 Å². The molecule has 2 aromatic rings. The van der Waals surface area contributed by atoms with Crippen LogP contribution in [0.15, 0.2) is 48.5 Å². The van der Waals surface area contributed by atoms with Crippen molar-refractivity contribution in [3.8, 4) is 0 Å². The van der Waals surface area contributed by atoms with E-state index in [2.05, 4.69) is 17.4 Å². The summed E-state index contributed by atoms with van der Waals surface area (Å²) in [5, 5.41) is 12.4. The molecule has 2 aromatic carbocycles. The maximum absolute atomic E-state index is 13.2. The number of carbonyl (C=O) groups excluding carboxylic acids is 1. The molecule has 0 aromatic heterocycles. The lowest BCUT2D eigenvalue weighted by Gasteiger charge is -2.27. The normalized spacial score (nSPS) is 25.4. The summed E-state index contributed by atoms with van der Waals surface area (Å²) in [6.07, 6.45) is 2.62. The first-order valence-electron chi connectivity index (χ1n) is 8.77. The standard InChI is InChI=1S/C21H20FNO3/c1-20(19(25)26,14-6-8-15(22)9-7-14)23-18(24)17-12-21(17)11-10-13-4-2-3-5-16(13)21/h2-9,17H,10-12H2,1H3,(H,23,24)(H,25,26). The van der Waals surface area contributed by atoms with Crippen LogP contribution in [0.25, 0.3) is 0 Å². The van der Waals surface area contributed by atoms with Gasteiger partial charge in [0, 0.05) is 11.3 Å². The monoisotopic (exact) mass is 353 g/mol. The summed E-state index contributed by atoms with van der Waals surface area (Å²) < 4.78 is 13.2. The summed E-state index contributed by atoms with van der Waals surface area (Å²) in [5.41, 5.74) is 1.11. The molecule has 2 N–H and O–H groups in total. The second-order valence-electron chi connectivity index (χ2n) is 7.50. The van der Waals surface area contributed by atoms with Crippen molar-refractivity contribution in [2.24, 2.45) is 5.92 Å². The minimum absolute atomic E-state index is 0.150. The second-order valence-corrected chi connectivity index (χ2v) is 7.50. The summed E-state index contributed by atoms with van der Waals surface area (Å²) in [5.74, 6) is -2.09. The Kier molecular flexibility index (Phi) is 3.65. The molecule has 3 atom stereocenters. The highest BCUT2D eigenvalue weighted by Crippen LogP contribution is 2.61. The summed E-state index contributed by atoms with van der Waals surface area (Å²) in [6, 6.07) is 13.4. The quantitative estimate of drug-likeness (QED) is 0.887. The van der Waals surface area contributed by atoms with Crippen LogP contribution in [0.2, 0.25) is 0 Å². The molecule has 1 saturated carbocycles. The Morgan fingerprint density at radius 3 is 2.58 bits per heavy atom. The van der Waals surface area contributed by atoms with Gasteiger partial charge in [0.2, 0.25) is 5.91 Å². The number of hydrogen-bond donors (Lipinski definition) is 2. The van der Waals surface area contributed by atoms with Crippen molar-refractivity contribution in [2.75, 3.05) is 0 Å². The molecule has 4 rings (SSSR count). The van der Waals surface area contributed by atoms with E-state index in [1.807, 2.05) is 12.1 Å². The van der Waals surface area contributed by atoms with Crippen LogP contribution >= 0.6 is 0 Å². The van der Waals surface area contributed by atoms with Crippen LogP contribution < -0.4 is 5.32 Å². The van der Waals surface area contributed by atoms with Gasteiger partial charge < -0.3 is 10.4 Å². The second kappa shape index (κ2) is 5.66.